The number of hydrogen-bond donors (Lipinski definition) is 1. The summed E-state index contributed by atoms with van der Waals surface area (Å²) in [4.78, 5) is 1.39. The van der Waals surface area contributed by atoms with E-state index >= 15 is 0 Å². The Hall–Kier alpha value is -0.470. The van der Waals surface area contributed by atoms with Gasteiger partial charge in [0.1, 0.15) is 0 Å². The standard InChI is InChI=1S/C14H21NS/c1-11(15)13-6-8-14(9-7-13)16-10-12-4-2-3-5-12/h6-9,11-12H,2-5,10,15H2,1H3/t11-/m0/s1. The van der Waals surface area contributed by atoms with Crippen molar-refractivity contribution in [3.8, 4) is 0 Å². The maximum Gasteiger partial charge on any atom is 0.0266 e. The Morgan fingerprint density at radius 2 is 1.88 bits per heavy atom. The van der Waals surface area contributed by atoms with E-state index in [1.54, 1.807) is 0 Å². The van der Waals surface area contributed by atoms with Crippen LogP contribution in [0.4, 0.5) is 0 Å². The lowest BCUT2D eigenvalue weighted by Crippen LogP contribution is -2.04. The minimum absolute atomic E-state index is 0.147. The van der Waals surface area contributed by atoms with Gasteiger partial charge in [-0.15, -0.1) is 11.8 Å². The van der Waals surface area contributed by atoms with Crippen LogP contribution in [0.2, 0.25) is 0 Å². The summed E-state index contributed by atoms with van der Waals surface area (Å²) in [5.74, 6) is 2.25. The Bertz CT molecular complexity index is 312. The van der Waals surface area contributed by atoms with Gasteiger partial charge in [0.05, 0.1) is 0 Å². The van der Waals surface area contributed by atoms with E-state index in [2.05, 4.69) is 24.3 Å². The van der Waals surface area contributed by atoms with Gasteiger partial charge in [0.2, 0.25) is 0 Å². The van der Waals surface area contributed by atoms with Crippen LogP contribution in [-0.4, -0.2) is 5.75 Å². The van der Waals surface area contributed by atoms with E-state index in [0.29, 0.717) is 0 Å². The maximum atomic E-state index is 5.83. The third-order valence-electron chi connectivity index (χ3n) is 3.37. The molecule has 0 unspecified atom stereocenters. The largest absolute Gasteiger partial charge is 0.324 e. The lowest BCUT2D eigenvalue weighted by molar-refractivity contribution is 0.623. The first-order valence-corrected chi connectivity index (χ1v) is 7.22. The highest BCUT2D eigenvalue weighted by atomic mass is 32.2. The molecule has 0 aliphatic heterocycles. The molecule has 1 aliphatic carbocycles. The summed E-state index contributed by atoms with van der Waals surface area (Å²) in [6, 6.07) is 8.87. The fraction of sp³-hybridized carbons (Fsp3) is 0.571. The van der Waals surface area contributed by atoms with Crippen molar-refractivity contribution >= 4 is 11.8 Å². The molecule has 0 amide bonds. The smallest absolute Gasteiger partial charge is 0.0266 e. The van der Waals surface area contributed by atoms with Gasteiger partial charge in [-0.05, 0) is 43.4 Å². The van der Waals surface area contributed by atoms with Crippen LogP contribution in [0.3, 0.4) is 0 Å². The summed E-state index contributed by atoms with van der Waals surface area (Å²) in [5.41, 5.74) is 7.06. The van der Waals surface area contributed by atoms with Gasteiger partial charge in [-0.1, -0.05) is 25.0 Å². The predicted molar refractivity (Wildman–Crippen MR) is 71.7 cm³/mol. The summed E-state index contributed by atoms with van der Waals surface area (Å²) < 4.78 is 0. The first-order valence-electron chi connectivity index (χ1n) is 6.24. The highest BCUT2D eigenvalue weighted by Gasteiger charge is 2.14. The fourth-order valence-electron chi connectivity index (χ4n) is 2.26. The van der Waals surface area contributed by atoms with Crippen LogP contribution < -0.4 is 5.73 Å². The predicted octanol–water partition coefficient (Wildman–Crippen LogP) is 3.99. The van der Waals surface area contributed by atoms with Crippen LogP contribution in [0.5, 0.6) is 0 Å². The molecule has 1 nitrogen and oxygen atoms in total. The van der Waals surface area contributed by atoms with Crippen molar-refractivity contribution in [2.24, 2.45) is 11.7 Å². The minimum atomic E-state index is 0.147. The van der Waals surface area contributed by atoms with Gasteiger partial charge in [-0.3, -0.25) is 0 Å². The highest BCUT2D eigenvalue weighted by molar-refractivity contribution is 7.99. The van der Waals surface area contributed by atoms with Gasteiger partial charge in [-0.2, -0.15) is 0 Å². The molecule has 1 saturated carbocycles. The SMILES string of the molecule is C[C@H](N)c1ccc(SCC2CCCC2)cc1. The van der Waals surface area contributed by atoms with Crippen LogP contribution in [0, 0.1) is 5.92 Å². The molecule has 0 aromatic heterocycles. The first-order chi connectivity index (χ1) is 7.75. The van der Waals surface area contributed by atoms with Crippen LogP contribution in [0.15, 0.2) is 29.2 Å². The summed E-state index contributed by atoms with van der Waals surface area (Å²) in [6.07, 6.45) is 5.75. The van der Waals surface area contributed by atoms with Gasteiger partial charge in [0, 0.05) is 16.7 Å². The van der Waals surface area contributed by atoms with Crippen molar-refractivity contribution in [1.82, 2.24) is 0 Å². The second-order valence-corrected chi connectivity index (χ2v) is 5.91. The molecule has 2 rings (SSSR count). The average Bonchev–Trinajstić information content (AvgIpc) is 2.80. The molecule has 0 radical (unpaired) electrons. The van der Waals surface area contributed by atoms with Crippen molar-refractivity contribution in [3.05, 3.63) is 29.8 Å². The molecule has 0 bridgehead atoms. The Kier molecular flexibility index (Phi) is 4.30. The zero-order valence-corrected chi connectivity index (χ0v) is 10.8. The zero-order valence-electron chi connectivity index (χ0n) is 9.99. The fourth-order valence-corrected chi connectivity index (χ4v) is 3.35. The van der Waals surface area contributed by atoms with Crippen molar-refractivity contribution in [2.75, 3.05) is 5.75 Å². The summed E-state index contributed by atoms with van der Waals surface area (Å²) in [5, 5.41) is 0. The van der Waals surface area contributed by atoms with Crippen LogP contribution in [0.25, 0.3) is 0 Å². The zero-order chi connectivity index (χ0) is 11.4. The maximum absolute atomic E-state index is 5.83. The highest BCUT2D eigenvalue weighted by Crippen LogP contribution is 2.31. The molecule has 2 N–H and O–H groups in total. The lowest BCUT2D eigenvalue weighted by atomic mass is 10.1. The first kappa shape index (κ1) is 12.0. The van der Waals surface area contributed by atoms with Gasteiger partial charge < -0.3 is 5.73 Å². The van der Waals surface area contributed by atoms with Crippen molar-refractivity contribution < 1.29 is 0 Å². The second kappa shape index (κ2) is 5.74. The number of hydrogen-bond acceptors (Lipinski definition) is 2. The van der Waals surface area contributed by atoms with Crippen LogP contribution in [-0.2, 0) is 0 Å². The van der Waals surface area contributed by atoms with Gasteiger partial charge in [0.15, 0.2) is 0 Å². The topological polar surface area (TPSA) is 26.0 Å². The Morgan fingerprint density at radius 1 is 1.25 bits per heavy atom. The lowest BCUT2D eigenvalue weighted by Gasteiger charge is -2.09. The second-order valence-electron chi connectivity index (χ2n) is 4.82. The van der Waals surface area contributed by atoms with E-state index in [9.17, 15) is 0 Å². The van der Waals surface area contributed by atoms with E-state index in [1.165, 1.54) is 41.9 Å². The van der Waals surface area contributed by atoms with Crippen LogP contribution >= 0.6 is 11.8 Å². The molecule has 1 aromatic rings. The monoisotopic (exact) mass is 235 g/mol. The molecular weight excluding hydrogens is 214 g/mol. The van der Waals surface area contributed by atoms with Gasteiger partial charge >= 0.3 is 0 Å². The van der Waals surface area contributed by atoms with Crippen LogP contribution in [0.1, 0.15) is 44.2 Å². The van der Waals surface area contributed by atoms with E-state index in [4.69, 9.17) is 5.73 Å². The average molecular weight is 235 g/mol. The third-order valence-corrected chi connectivity index (χ3v) is 4.61. The Morgan fingerprint density at radius 3 is 2.44 bits per heavy atom. The number of benzene rings is 1. The molecule has 1 aliphatic rings. The molecule has 2 heteroatoms. The quantitative estimate of drug-likeness (QED) is 0.799. The van der Waals surface area contributed by atoms with E-state index in [0.717, 1.165) is 5.92 Å². The molecule has 1 atom stereocenters. The van der Waals surface area contributed by atoms with E-state index < -0.39 is 0 Å². The number of rotatable bonds is 4. The van der Waals surface area contributed by atoms with Crippen molar-refractivity contribution in [1.29, 1.82) is 0 Å². The minimum Gasteiger partial charge on any atom is -0.324 e. The van der Waals surface area contributed by atoms with Gasteiger partial charge in [-0.25, -0.2) is 0 Å². The Balaban J connectivity index is 1.84. The molecule has 16 heavy (non-hydrogen) atoms. The summed E-state index contributed by atoms with van der Waals surface area (Å²) in [6.45, 7) is 2.03. The summed E-state index contributed by atoms with van der Waals surface area (Å²) in [7, 11) is 0. The summed E-state index contributed by atoms with van der Waals surface area (Å²) >= 11 is 2.00. The molecule has 1 aromatic carbocycles. The van der Waals surface area contributed by atoms with Gasteiger partial charge in [0.25, 0.3) is 0 Å². The Labute approximate surface area is 103 Å². The third kappa shape index (κ3) is 3.26. The molecule has 88 valence electrons. The number of thioether (sulfide) groups is 1. The molecular formula is C14H21NS. The molecule has 1 fully saturated rings. The molecule has 0 spiro atoms. The molecule has 0 saturated heterocycles. The van der Waals surface area contributed by atoms with Crippen molar-refractivity contribution in [3.63, 3.8) is 0 Å². The number of nitrogens with two attached hydrogens (primary N) is 1. The van der Waals surface area contributed by atoms with E-state index in [1.807, 2.05) is 18.7 Å². The normalized spacial score (nSPS) is 18.9. The van der Waals surface area contributed by atoms with Crippen molar-refractivity contribution in [2.45, 2.75) is 43.5 Å². The van der Waals surface area contributed by atoms with E-state index in [-0.39, 0.29) is 6.04 Å². The molecule has 0 heterocycles.